The van der Waals surface area contributed by atoms with Gasteiger partial charge in [0.2, 0.25) is 0 Å². The molecule has 1 saturated carbocycles. The first-order valence-corrected chi connectivity index (χ1v) is 7.20. The summed E-state index contributed by atoms with van der Waals surface area (Å²) in [6.45, 7) is 4.64. The molecular weight excluding hydrogens is 244 g/mol. The minimum atomic E-state index is -0.423. The maximum atomic E-state index is 12.0. The van der Waals surface area contributed by atoms with Gasteiger partial charge in [0.05, 0.1) is 12.7 Å². The molecule has 0 aromatic carbocycles. The maximum absolute atomic E-state index is 12.0. The zero-order valence-electron chi connectivity index (χ0n) is 11.7. The predicted octanol–water partition coefficient (Wildman–Crippen LogP) is 2.27. The number of carbonyl (C=O) groups is 2. The molecule has 1 fully saturated rings. The third-order valence-corrected chi connectivity index (χ3v) is 3.93. The van der Waals surface area contributed by atoms with Crippen molar-refractivity contribution in [3.63, 3.8) is 0 Å². The van der Waals surface area contributed by atoms with Gasteiger partial charge in [-0.25, -0.2) is 0 Å². The van der Waals surface area contributed by atoms with Crippen LogP contribution in [0.3, 0.4) is 0 Å². The summed E-state index contributed by atoms with van der Waals surface area (Å²) in [5, 5.41) is 0. The highest BCUT2D eigenvalue weighted by atomic mass is 16.5. The van der Waals surface area contributed by atoms with E-state index >= 15 is 0 Å². The largest absolute Gasteiger partial charge is 0.465 e. The zero-order chi connectivity index (χ0) is 13.8. The Morgan fingerprint density at radius 3 is 2.84 bits per heavy atom. The lowest BCUT2D eigenvalue weighted by atomic mass is 9.73. The Balaban J connectivity index is 2.22. The first-order valence-electron chi connectivity index (χ1n) is 7.20. The molecule has 0 bridgehead atoms. The molecule has 0 aromatic heterocycles. The predicted molar refractivity (Wildman–Crippen MR) is 70.6 cm³/mol. The summed E-state index contributed by atoms with van der Waals surface area (Å²) in [5.41, 5.74) is 0.834. The molecular formula is C15H22O4. The molecule has 19 heavy (non-hydrogen) atoms. The normalized spacial score (nSPS) is 30.5. The average molecular weight is 266 g/mol. The van der Waals surface area contributed by atoms with Gasteiger partial charge in [-0.1, -0.05) is 6.08 Å². The van der Waals surface area contributed by atoms with Gasteiger partial charge in [-0.3, -0.25) is 9.59 Å². The number of fused-ring (bicyclic) bond motifs is 1. The smallest absolute Gasteiger partial charge is 0.315 e. The molecule has 0 radical (unpaired) electrons. The van der Waals surface area contributed by atoms with Crippen LogP contribution in [-0.2, 0) is 19.1 Å². The van der Waals surface area contributed by atoms with Gasteiger partial charge in [0.25, 0.3) is 0 Å². The quantitative estimate of drug-likeness (QED) is 0.732. The van der Waals surface area contributed by atoms with Gasteiger partial charge in [0.1, 0.15) is 5.92 Å². The number of allylic oxidation sites excluding steroid dienone is 1. The molecule has 2 aliphatic rings. The fourth-order valence-corrected chi connectivity index (χ4v) is 3.08. The Bertz CT molecular complexity index is 386. The lowest BCUT2D eigenvalue weighted by Gasteiger charge is -2.35. The number of Topliss-reactive ketones (excluding diaryl/α,β-unsaturated/α-hetero) is 1. The van der Waals surface area contributed by atoms with Gasteiger partial charge >= 0.3 is 5.97 Å². The molecule has 106 valence electrons. The van der Waals surface area contributed by atoms with Gasteiger partial charge in [-0.15, -0.1) is 0 Å². The first kappa shape index (κ1) is 14.3. The lowest BCUT2D eigenvalue weighted by molar-refractivity contribution is -0.152. The van der Waals surface area contributed by atoms with E-state index in [0.29, 0.717) is 19.6 Å². The van der Waals surface area contributed by atoms with E-state index in [9.17, 15) is 9.59 Å². The standard InChI is InChI=1S/C15H22O4/c1-3-18-14-8-10-6-5-7-13(16)11(10)9-12(14)15(17)19-4-2/h9-10,12,14H,3-8H2,1-2H3/t10-,12+,14+/m1/s1. The van der Waals surface area contributed by atoms with Gasteiger partial charge < -0.3 is 9.47 Å². The van der Waals surface area contributed by atoms with Crippen LogP contribution in [0.25, 0.3) is 0 Å². The molecule has 2 rings (SSSR count). The summed E-state index contributed by atoms with van der Waals surface area (Å²) in [7, 11) is 0. The van der Waals surface area contributed by atoms with Crippen LogP contribution in [0.4, 0.5) is 0 Å². The topological polar surface area (TPSA) is 52.6 Å². The number of hydrogen-bond donors (Lipinski definition) is 0. The Labute approximate surface area is 114 Å². The van der Waals surface area contributed by atoms with E-state index in [1.807, 2.05) is 13.0 Å². The summed E-state index contributed by atoms with van der Waals surface area (Å²) in [4.78, 5) is 24.0. The van der Waals surface area contributed by atoms with E-state index < -0.39 is 5.92 Å². The van der Waals surface area contributed by atoms with E-state index in [0.717, 1.165) is 24.8 Å². The number of rotatable bonds is 4. The highest BCUT2D eigenvalue weighted by Crippen LogP contribution is 2.38. The molecule has 3 atom stereocenters. The van der Waals surface area contributed by atoms with Crippen LogP contribution >= 0.6 is 0 Å². The molecule has 0 spiro atoms. The van der Waals surface area contributed by atoms with Crippen molar-refractivity contribution in [2.24, 2.45) is 11.8 Å². The Hall–Kier alpha value is -1.16. The summed E-state index contributed by atoms with van der Waals surface area (Å²) in [5.74, 6) is -0.234. The van der Waals surface area contributed by atoms with Crippen molar-refractivity contribution < 1.29 is 19.1 Å². The van der Waals surface area contributed by atoms with E-state index in [2.05, 4.69) is 0 Å². The molecule has 0 N–H and O–H groups in total. The summed E-state index contributed by atoms with van der Waals surface area (Å²) in [6, 6.07) is 0. The van der Waals surface area contributed by atoms with Crippen LogP contribution in [0.5, 0.6) is 0 Å². The Morgan fingerprint density at radius 1 is 1.37 bits per heavy atom. The van der Waals surface area contributed by atoms with Gasteiger partial charge in [-0.05, 0) is 44.6 Å². The molecule has 0 aliphatic heterocycles. The van der Waals surface area contributed by atoms with Crippen molar-refractivity contribution in [1.29, 1.82) is 0 Å². The van der Waals surface area contributed by atoms with Gasteiger partial charge in [-0.2, -0.15) is 0 Å². The minimum Gasteiger partial charge on any atom is -0.465 e. The molecule has 4 nitrogen and oxygen atoms in total. The van der Waals surface area contributed by atoms with Crippen LogP contribution in [0.2, 0.25) is 0 Å². The van der Waals surface area contributed by atoms with E-state index in [4.69, 9.17) is 9.47 Å². The van der Waals surface area contributed by atoms with Crippen molar-refractivity contribution in [3.8, 4) is 0 Å². The van der Waals surface area contributed by atoms with Crippen molar-refractivity contribution >= 4 is 11.8 Å². The third kappa shape index (κ3) is 3.06. The average Bonchev–Trinajstić information content (AvgIpc) is 2.39. The second kappa shape index (κ2) is 6.33. The first-order chi connectivity index (χ1) is 9.17. The SMILES string of the molecule is CCOC(=O)[C@H]1C=C2C(=O)CCC[C@@H]2C[C@@H]1OCC. The molecule has 0 saturated heterocycles. The van der Waals surface area contributed by atoms with E-state index in [1.165, 1.54) is 0 Å². The van der Waals surface area contributed by atoms with Crippen LogP contribution in [0, 0.1) is 11.8 Å². The Kier molecular flexibility index (Phi) is 4.75. The fraction of sp³-hybridized carbons (Fsp3) is 0.733. The number of esters is 1. The summed E-state index contributed by atoms with van der Waals surface area (Å²) in [6.07, 6.45) is 5.00. The number of ketones is 1. The summed E-state index contributed by atoms with van der Waals surface area (Å²) < 4.78 is 10.8. The van der Waals surface area contributed by atoms with Crippen molar-refractivity contribution in [2.45, 2.75) is 45.6 Å². The number of hydrogen-bond acceptors (Lipinski definition) is 4. The zero-order valence-corrected chi connectivity index (χ0v) is 11.7. The molecule has 2 aliphatic carbocycles. The highest BCUT2D eigenvalue weighted by Gasteiger charge is 2.39. The van der Waals surface area contributed by atoms with Crippen LogP contribution in [-0.4, -0.2) is 31.1 Å². The van der Waals surface area contributed by atoms with E-state index in [-0.39, 0.29) is 23.8 Å². The minimum absolute atomic E-state index is 0.149. The molecule has 0 aromatic rings. The molecule has 0 unspecified atom stereocenters. The lowest BCUT2D eigenvalue weighted by Crippen LogP contribution is -2.39. The molecule has 0 amide bonds. The third-order valence-electron chi connectivity index (χ3n) is 3.93. The molecule has 0 heterocycles. The van der Waals surface area contributed by atoms with Gasteiger partial charge in [0, 0.05) is 13.0 Å². The number of carbonyl (C=O) groups excluding carboxylic acids is 2. The van der Waals surface area contributed by atoms with Gasteiger partial charge in [0.15, 0.2) is 5.78 Å². The van der Waals surface area contributed by atoms with Crippen LogP contribution in [0.15, 0.2) is 11.6 Å². The second-order valence-corrected chi connectivity index (χ2v) is 5.14. The van der Waals surface area contributed by atoms with Crippen molar-refractivity contribution in [1.82, 2.24) is 0 Å². The monoisotopic (exact) mass is 266 g/mol. The summed E-state index contributed by atoms with van der Waals surface area (Å²) >= 11 is 0. The maximum Gasteiger partial charge on any atom is 0.315 e. The fourth-order valence-electron chi connectivity index (χ4n) is 3.08. The van der Waals surface area contributed by atoms with E-state index in [1.54, 1.807) is 6.92 Å². The second-order valence-electron chi connectivity index (χ2n) is 5.14. The molecule has 4 heteroatoms. The number of ether oxygens (including phenoxy) is 2. The van der Waals surface area contributed by atoms with Crippen LogP contribution < -0.4 is 0 Å². The van der Waals surface area contributed by atoms with Crippen LogP contribution in [0.1, 0.15) is 39.5 Å². The highest BCUT2D eigenvalue weighted by molar-refractivity contribution is 5.97. The Morgan fingerprint density at radius 2 is 2.16 bits per heavy atom. The van der Waals surface area contributed by atoms with Crippen molar-refractivity contribution in [3.05, 3.63) is 11.6 Å². The van der Waals surface area contributed by atoms with Crippen molar-refractivity contribution in [2.75, 3.05) is 13.2 Å².